The average Bonchev–Trinajstić information content (AvgIpc) is 2.98. The van der Waals surface area contributed by atoms with E-state index in [0.29, 0.717) is 17.3 Å². The lowest BCUT2D eigenvalue weighted by atomic mass is 9.44. The second-order valence-corrected chi connectivity index (χ2v) is 10.4. The van der Waals surface area contributed by atoms with Gasteiger partial charge in [0.1, 0.15) is 6.10 Å². The van der Waals surface area contributed by atoms with Crippen LogP contribution in [0.5, 0.6) is 0 Å². The monoisotopic (exact) mass is 376 g/mol. The number of esters is 2. The molecule has 8 atom stereocenters. The van der Waals surface area contributed by atoms with Crippen molar-refractivity contribution in [1.82, 2.24) is 0 Å². The minimum Gasteiger partial charge on any atom is -0.469 e. The molecule has 0 saturated heterocycles. The first-order chi connectivity index (χ1) is 12.8. The minimum atomic E-state index is -0.134. The van der Waals surface area contributed by atoms with Crippen molar-refractivity contribution >= 4 is 11.9 Å². The lowest BCUT2D eigenvalue weighted by Crippen LogP contribution is -2.54. The lowest BCUT2D eigenvalue weighted by molar-refractivity contribution is -0.164. The molecule has 0 aromatic heterocycles. The summed E-state index contributed by atoms with van der Waals surface area (Å²) in [6.45, 7) is 6.42. The Labute approximate surface area is 163 Å². The Hall–Kier alpha value is -1.06. The summed E-state index contributed by atoms with van der Waals surface area (Å²) in [7, 11) is 1.54. The highest BCUT2D eigenvalue weighted by atomic mass is 16.5. The van der Waals surface area contributed by atoms with E-state index in [1.165, 1.54) is 39.0 Å². The van der Waals surface area contributed by atoms with Crippen molar-refractivity contribution in [2.75, 3.05) is 7.11 Å². The molecule has 0 aromatic carbocycles. The molecular weight excluding hydrogens is 340 g/mol. The van der Waals surface area contributed by atoms with E-state index in [4.69, 9.17) is 9.47 Å². The van der Waals surface area contributed by atoms with Gasteiger partial charge < -0.3 is 9.47 Å². The van der Waals surface area contributed by atoms with Crippen LogP contribution in [0, 0.1) is 40.4 Å². The molecule has 0 bridgehead atoms. The quantitative estimate of drug-likeness (QED) is 0.653. The van der Waals surface area contributed by atoms with Gasteiger partial charge >= 0.3 is 11.9 Å². The van der Waals surface area contributed by atoms with Crippen LogP contribution in [-0.4, -0.2) is 25.2 Å². The normalized spacial score (nSPS) is 48.7. The Bertz CT molecular complexity index is 615. The van der Waals surface area contributed by atoms with Crippen molar-refractivity contribution in [2.45, 2.75) is 84.7 Å². The second-order valence-electron chi connectivity index (χ2n) is 10.4. The molecule has 4 heteroatoms. The second kappa shape index (κ2) is 6.77. The number of fused-ring (bicyclic) bond motifs is 5. The summed E-state index contributed by atoms with van der Waals surface area (Å²) < 4.78 is 10.7. The number of hydrogen-bond donors (Lipinski definition) is 0. The fourth-order valence-electron chi connectivity index (χ4n) is 8.09. The summed E-state index contributed by atoms with van der Waals surface area (Å²) in [5.41, 5.74) is 0.511. The number of hydrogen-bond acceptors (Lipinski definition) is 4. The van der Waals surface area contributed by atoms with Gasteiger partial charge in [-0.3, -0.25) is 9.59 Å². The van der Waals surface area contributed by atoms with Crippen molar-refractivity contribution in [1.29, 1.82) is 0 Å². The molecule has 0 amide bonds. The highest BCUT2D eigenvalue weighted by molar-refractivity contribution is 5.73. The van der Waals surface area contributed by atoms with Gasteiger partial charge in [-0.05, 0) is 92.3 Å². The third kappa shape index (κ3) is 2.93. The fourth-order valence-corrected chi connectivity index (χ4v) is 8.09. The summed E-state index contributed by atoms with van der Waals surface area (Å²) in [6.07, 6.45) is 10.5. The first-order valence-corrected chi connectivity index (χ1v) is 11.0. The zero-order valence-electron chi connectivity index (χ0n) is 17.5. The third-order valence-electron chi connectivity index (χ3n) is 9.44. The van der Waals surface area contributed by atoms with E-state index in [1.54, 1.807) is 7.11 Å². The molecule has 4 aliphatic rings. The summed E-state index contributed by atoms with van der Waals surface area (Å²) in [5, 5.41) is 0. The van der Waals surface area contributed by atoms with Crippen LogP contribution in [0.4, 0.5) is 0 Å². The Morgan fingerprint density at radius 3 is 2.30 bits per heavy atom. The molecule has 4 saturated carbocycles. The highest BCUT2D eigenvalue weighted by Gasteiger charge is 2.61. The first-order valence-electron chi connectivity index (χ1n) is 11.0. The van der Waals surface area contributed by atoms with Crippen molar-refractivity contribution in [3.05, 3.63) is 0 Å². The fraction of sp³-hybridized carbons (Fsp3) is 0.913. The summed E-state index contributed by atoms with van der Waals surface area (Å²) >= 11 is 0. The predicted octanol–water partition coefficient (Wildman–Crippen LogP) is 4.75. The van der Waals surface area contributed by atoms with Gasteiger partial charge in [0.05, 0.1) is 13.0 Å². The van der Waals surface area contributed by atoms with Crippen molar-refractivity contribution in [3.63, 3.8) is 0 Å². The first kappa shape index (κ1) is 19.3. The van der Waals surface area contributed by atoms with Crippen LogP contribution in [0.15, 0.2) is 0 Å². The molecule has 0 aromatic rings. The van der Waals surface area contributed by atoms with E-state index in [-0.39, 0.29) is 29.4 Å². The number of carbonyl (C=O) groups is 2. The molecule has 152 valence electrons. The minimum absolute atomic E-state index is 0.0141. The molecule has 0 heterocycles. The van der Waals surface area contributed by atoms with E-state index >= 15 is 0 Å². The van der Waals surface area contributed by atoms with E-state index in [2.05, 4.69) is 13.8 Å². The van der Waals surface area contributed by atoms with Crippen LogP contribution < -0.4 is 0 Å². The zero-order valence-corrected chi connectivity index (χ0v) is 17.5. The molecule has 0 aliphatic heterocycles. The van der Waals surface area contributed by atoms with Gasteiger partial charge in [0, 0.05) is 6.92 Å². The van der Waals surface area contributed by atoms with E-state index in [0.717, 1.165) is 37.5 Å². The number of ether oxygens (including phenoxy) is 2. The Morgan fingerprint density at radius 2 is 1.59 bits per heavy atom. The molecular formula is C23H36O4. The maximum Gasteiger partial charge on any atom is 0.309 e. The largest absolute Gasteiger partial charge is 0.469 e. The topological polar surface area (TPSA) is 52.6 Å². The number of carbonyl (C=O) groups excluding carboxylic acids is 2. The van der Waals surface area contributed by atoms with Gasteiger partial charge in [0.25, 0.3) is 0 Å². The van der Waals surface area contributed by atoms with Gasteiger partial charge in [0.15, 0.2) is 0 Å². The van der Waals surface area contributed by atoms with Crippen LogP contribution in [0.2, 0.25) is 0 Å². The molecule has 4 aliphatic carbocycles. The SMILES string of the molecule is COC(=O)[C@@H]1CC[C@@H]2[C@H]3CC[C@H]4C[C@@H](OC(C)=O)CC[C@]4(C)[C@@H]3CC[C@@]21C. The van der Waals surface area contributed by atoms with Gasteiger partial charge in [-0.15, -0.1) is 0 Å². The molecule has 4 nitrogen and oxygen atoms in total. The van der Waals surface area contributed by atoms with Gasteiger partial charge in [-0.25, -0.2) is 0 Å². The van der Waals surface area contributed by atoms with Crippen LogP contribution in [0.25, 0.3) is 0 Å². The van der Waals surface area contributed by atoms with Crippen LogP contribution in [0.3, 0.4) is 0 Å². The lowest BCUT2D eigenvalue weighted by Gasteiger charge is -2.60. The van der Waals surface area contributed by atoms with Crippen LogP contribution in [-0.2, 0) is 19.1 Å². The van der Waals surface area contributed by atoms with E-state index in [9.17, 15) is 9.59 Å². The summed E-state index contributed by atoms with van der Waals surface area (Å²) in [5.74, 6) is 2.85. The average molecular weight is 377 g/mol. The molecule has 4 fully saturated rings. The zero-order chi connectivity index (χ0) is 19.4. The van der Waals surface area contributed by atoms with E-state index < -0.39 is 0 Å². The highest BCUT2D eigenvalue weighted by Crippen LogP contribution is 2.67. The molecule has 27 heavy (non-hydrogen) atoms. The molecule has 0 spiro atoms. The Morgan fingerprint density at radius 1 is 0.889 bits per heavy atom. The Balaban J connectivity index is 1.53. The van der Waals surface area contributed by atoms with Crippen molar-refractivity contribution < 1.29 is 19.1 Å². The van der Waals surface area contributed by atoms with Gasteiger partial charge in [-0.2, -0.15) is 0 Å². The maximum absolute atomic E-state index is 12.4. The van der Waals surface area contributed by atoms with Crippen LogP contribution in [0.1, 0.15) is 78.6 Å². The predicted molar refractivity (Wildman–Crippen MR) is 103 cm³/mol. The molecule has 4 rings (SSSR count). The Kier molecular flexibility index (Phi) is 4.83. The van der Waals surface area contributed by atoms with Gasteiger partial charge in [0.2, 0.25) is 0 Å². The number of methoxy groups -OCH3 is 1. The molecule has 0 unspecified atom stereocenters. The van der Waals surface area contributed by atoms with Crippen molar-refractivity contribution in [2.24, 2.45) is 40.4 Å². The summed E-state index contributed by atoms with van der Waals surface area (Å²) in [4.78, 5) is 23.8. The van der Waals surface area contributed by atoms with Crippen LogP contribution >= 0.6 is 0 Å². The molecule has 0 N–H and O–H groups in total. The van der Waals surface area contributed by atoms with Crippen molar-refractivity contribution in [3.8, 4) is 0 Å². The van der Waals surface area contributed by atoms with Gasteiger partial charge in [-0.1, -0.05) is 13.8 Å². The summed E-state index contributed by atoms with van der Waals surface area (Å²) in [6, 6.07) is 0. The number of rotatable bonds is 2. The smallest absolute Gasteiger partial charge is 0.309 e. The maximum atomic E-state index is 12.4. The standard InChI is InChI=1S/C23H36O4/c1-14(24)27-16-9-11-22(2)15(13-16)5-6-17-18-7-8-20(21(25)26-4)23(18,3)12-10-19(17)22/h15-20H,5-13H2,1-4H3/t15-,16-,17+,18+,19+,20-,22-,23-/m0/s1. The molecule has 0 radical (unpaired) electrons. The van der Waals surface area contributed by atoms with E-state index in [1.807, 2.05) is 0 Å². The third-order valence-corrected chi connectivity index (χ3v) is 9.44.